The van der Waals surface area contributed by atoms with Gasteiger partial charge in [0, 0.05) is 6.08 Å². The molecule has 21 heavy (non-hydrogen) atoms. The van der Waals surface area contributed by atoms with E-state index >= 15 is 0 Å². The Bertz CT molecular complexity index is 488. The fraction of sp³-hybridized carbons (Fsp3) is 0.632. The molecule has 1 fully saturated rings. The Hall–Kier alpha value is -1.31. The second kappa shape index (κ2) is 7.11. The molecule has 0 heterocycles. The highest BCUT2D eigenvalue weighted by Gasteiger charge is 2.30. The lowest BCUT2D eigenvalue weighted by atomic mass is 9.81. The highest BCUT2D eigenvalue weighted by Crippen LogP contribution is 2.46. The number of carboxylic acid groups (broad SMARTS) is 1. The van der Waals surface area contributed by atoms with E-state index in [0.717, 1.165) is 30.3 Å². The molecule has 2 nitrogen and oxygen atoms in total. The van der Waals surface area contributed by atoms with Gasteiger partial charge >= 0.3 is 5.97 Å². The van der Waals surface area contributed by atoms with Crippen molar-refractivity contribution >= 4 is 5.97 Å². The molecule has 0 bridgehead atoms. The van der Waals surface area contributed by atoms with Gasteiger partial charge in [-0.2, -0.15) is 0 Å². The molecular formula is C19H28O2. The first-order chi connectivity index (χ1) is 9.97. The molecule has 0 amide bonds. The van der Waals surface area contributed by atoms with Crippen molar-refractivity contribution in [3.8, 4) is 0 Å². The minimum atomic E-state index is -0.852. The zero-order valence-electron chi connectivity index (χ0n) is 13.6. The fourth-order valence-corrected chi connectivity index (χ4v) is 3.28. The number of rotatable bonds is 6. The molecule has 2 heteroatoms. The molecular weight excluding hydrogens is 260 g/mol. The van der Waals surface area contributed by atoms with Crippen molar-refractivity contribution in [2.45, 2.75) is 65.7 Å². The van der Waals surface area contributed by atoms with E-state index in [-0.39, 0.29) is 0 Å². The number of aliphatic carboxylic acids is 1. The maximum Gasteiger partial charge on any atom is 0.328 e. The van der Waals surface area contributed by atoms with Gasteiger partial charge in [0.15, 0.2) is 0 Å². The van der Waals surface area contributed by atoms with E-state index in [4.69, 9.17) is 5.11 Å². The standard InChI is InChI=1S/C19H28O2/c1-13(2)7-10-18-16(11-14(3)12-19(20)21)5-4-6-17(18)15-8-9-15/h11-13,15H,4-10H2,1-3H3,(H,20,21)/b14-12+,16-11+. The van der Waals surface area contributed by atoms with Gasteiger partial charge in [0.2, 0.25) is 0 Å². The number of carbonyl (C=O) groups is 1. The SMILES string of the molecule is CC(=C\C(=O)O)/C=C1\CCCC(C2CC2)=C1CCC(C)C. The Morgan fingerprint density at radius 2 is 2.05 bits per heavy atom. The summed E-state index contributed by atoms with van der Waals surface area (Å²) in [6.45, 7) is 6.45. The number of hydrogen-bond acceptors (Lipinski definition) is 1. The molecule has 2 aliphatic rings. The van der Waals surface area contributed by atoms with Gasteiger partial charge in [-0.05, 0) is 80.4 Å². The topological polar surface area (TPSA) is 37.3 Å². The molecule has 1 N–H and O–H groups in total. The highest BCUT2D eigenvalue weighted by atomic mass is 16.4. The number of carboxylic acids is 1. The van der Waals surface area contributed by atoms with Gasteiger partial charge in [-0.15, -0.1) is 0 Å². The van der Waals surface area contributed by atoms with Crippen LogP contribution in [0.1, 0.15) is 65.7 Å². The Morgan fingerprint density at radius 3 is 2.62 bits per heavy atom. The van der Waals surface area contributed by atoms with Crippen molar-refractivity contribution in [2.75, 3.05) is 0 Å². The van der Waals surface area contributed by atoms with Gasteiger partial charge < -0.3 is 5.11 Å². The van der Waals surface area contributed by atoms with Crippen LogP contribution in [-0.2, 0) is 4.79 Å². The Labute approximate surface area is 128 Å². The first-order valence-electron chi connectivity index (χ1n) is 8.31. The zero-order valence-corrected chi connectivity index (χ0v) is 13.6. The molecule has 0 aromatic rings. The van der Waals surface area contributed by atoms with Gasteiger partial charge in [-0.1, -0.05) is 25.5 Å². The van der Waals surface area contributed by atoms with Crippen LogP contribution < -0.4 is 0 Å². The Kier molecular flexibility index (Phi) is 5.44. The highest BCUT2D eigenvalue weighted by molar-refractivity contribution is 5.81. The summed E-state index contributed by atoms with van der Waals surface area (Å²) in [7, 11) is 0. The predicted octanol–water partition coefficient (Wildman–Crippen LogP) is 5.27. The first-order valence-corrected chi connectivity index (χ1v) is 8.31. The van der Waals surface area contributed by atoms with E-state index in [1.807, 2.05) is 6.92 Å². The van der Waals surface area contributed by atoms with Crippen molar-refractivity contribution in [3.63, 3.8) is 0 Å². The average Bonchev–Trinajstić information content (AvgIpc) is 3.19. The van der Waals surface area contributed by atoms with Gasteiger partial charge in [0.1, 0.15) is 0 Å². The van der Waals surface area contributed by atoms with E-state index in [0.29, 0.717) is 0 Å². The van der Waals surface area contributed by atoms with Gasteiger partial charge in [0.25, 0.3) is 0 Å². The molecule has 0 unspecified atom stereocenters. The van der Waals surface area contributed by atoms with Crippen molar-refractivity contribution < 1.29 is 9.90 Å². The van der Waals surface area contributed by atoms with Crippen LogP contribution >= 0.6 is 0 Å². The molecule has 0 spiro atoms. The third kappa shape index (κ3) is 4.87. The molecule has 2 aliphatic carbocycles. The smallest absolute Gasteiger partial charge is 0.328 e. The van der Waals surface area contributed by atoms with Crippen LogP contribution in [0.2, 0.25) is 0 Å². The summed E-state index contributed by atoms with van der Waals surface area (Å²) >= 11 is 0. The van der Waals surface area contributed by atoms with Gasteiger partial charge in [0.05, 0.1) is 0 Å². The predicted molar refractivity (Wildman–Crippen MR) is 87.1 cm³/mol. The molecule has 116 valence electrons. The maximum absolute atomic E-state index is 10.8. The van der Waals surface area contributed by atoms with E-state index in [2.05, 4.69) is 19.9 Å². The molecule has 0 aliphatic heterocycles. The quantitative estimate of drug-likeness (QED) is 0.676. The summed E-state index contributed by atoms with van der Waals surface area (Å²) in [4.78, 5) is 10.8. The first kappa shape index (κ1) is 16.1. The molecule has 0 aromatic carbocycles. The summed E-state index contributed by atoms with van der Waals surface area (Å²) in [5, 5.41) is 8.89. The van der Waals surface area contributed by atoms with Crippen LogP contribution in [-0.4, -0.2) is 11.1 Å². The van der Waals surface area contributed by atoms with E-state index in [9.17, 15) is 4.79 Å². The van der Waals surface area contributed by atoms with Crippen LogP contribution in [0.15, 0.2) is 34.4 Å². The molecule has 1 saturated carbocycles. The summed E-state index contributed by atoms with van der Waals surface area (Å²) in [5.41, 5.74) is 5.52. The Balaban J connectivity index is 2.26. The third-order valence-electron chi connectivity index (χ3n) is 4.46. The van der Waals surface area contributed by atoms with Crippen LogP contribution in [0, 0.1) is 11.8 Å². The molecule has 0 saturated heterocycles. The minimum absolute atomic E-state index is 0.719. The van der Waals surface area contributed by atoms with Gasteiger partial charge in [-0.3, -0.25) is 0 Å². The number of hydrogen-bond donors (Lipinski definition) is 1. The van der Waals surface area contributed by atoms with E-state index < -0.39 is 5.97 Å². The lowest BCUT2D eigenvalue weighted by Gasteiger charge is -2.24. The summed E-state index contributed by atoms with van der Waals surface area (Å²) in [6, 6.07) is 0. The minimum Gasteiger partial charge on any atom is -0.478 e. The summed E-state index contributed by atoms with van der Waals surface area (Å²) < 4.78 is 0. The number of allylic oxidation sites excluding steroid dienone is 5. The second-order valence-corrected chi connectivity index (χ2v) is 6.96. The zero-order chi connectivity index (χ0) is 15.4. The molecule has 0 atom stereocenters. The van der Waals surface area contributed by atoms with Crippen LogP contribution in [0.5, 0.6) is 0 Å². The molecule has 2 rings (SSSR count). The monoisotopic (exact) mass is 288 g/mol. The third-order valence-corrected chi connectivity index (χ3v) is 4.46. The van der Waals surface area contributed by atoms with Crippen molar-refractivity contribution in [1.82, 2.24) is 0 Å². The van der Waals surface area contributed by atoms with E-state index in [1.165, 1.54) is 43.8 Å². The lowest BCUT2D eigenvalue weighted by molar-refractivity contribution is -0.131. The normalized spacial score (nSPS) is 22.3. The van der Waals surface area contributed by atoms with Crippen molar-refractivity contribution in [2.24, 2.45) is 11.8 Å². The van der Waals surface area contributed by atoms with Crippen LogP contribution in [0.25, 0.3) is 0 Å². The molecule has 0 radical (unpaired) electrons. The molecule has 0 aromatic heterocycles. The van der Waals surface area contributed by atoms with Crippen LogP contribution in [0.3, 0.4) is 0 Å². The lowest BCUT2D eigenvalue weighted by Crippen LogP contribution is -2.07. The largest absolute Gasteiger partial charge is 0.478 e. The van der Waals surface area contributed by atoms with Crippen LogP contribution in [0.4, 0.5) is 0 Å². The summed E-state index contributed by atoms with van der Waals surface area (Å²) in [5.74, 6) is 0.701. The van der Waals surface area contributed by atoms with E-state index in [1.54, 1.807) is 11.1 Å². The second-order valence-electron chi connectivity index (χ2n) is 6.96. The summed E-state index contributed by atoms with van der Waals surface area (Å²) in [6.07, 6.45) is 12.1. The maximum atomic E-state index is 10.8. The van der Waals surface area contributed by atoms with Gasteiger partial charge in [-0.25, -0.2) is 4.79 Å². The fourth-order valence-electron chi connectivity index (χ4n) is 3.28. The van der Waals surface area contributed by atoms with Crippen molar-refractivity contribution in [1.29, 1.82) is 0 Å². The Morgan fingerprint density at radius 1 is 1.33 bits per heavy atom. The average molecular weight is 288 g/mol. The van der Waals surface area contributed by atoms with Crippen molar-refractivity contribution in [3.05, 3.63) is 34.4 Å².